The summed E-state index contributed by atoms with van der Waals surface area (Å²) in [6, 6.07) is 0.949. The monoisotopic (exact) mass is 428 g/mol. The molecule has 0 atom stereocenters. The highest BCUT2D eigenvalue weighted by atomic mass is 16.6. The van der Waals surface area contributed by atoms with Crippen LogP contribution in [-0.2, 0) is 22.4 Å². The van der Waals surface area contributed by atoms with Crippen LogP contribution in [-0.4, -0.2) is 69.4 Å². The van der Waals surface area contributed by atoms with E-state index >= 15 is 0 Å². The molecule has 31 heavy (non-hydrogen) atoms. The summed E-state index contributed by atoms with van der Waals surface area (Å²) in [6.07, 6.45) is 6.25. The topological polar surface area (TPSA) is 98.8 Å². The SMILES string of the molecule is CC1(OC(=O)N2CCC(c3noc(N4CCc5c(cnn5C5COC5)C4)n3)CC2)CC1. The number of carbonyl (C=O) groups excluding carboxylic acids is 1. The Morgan fingerprint density at radius 1 is 1.23 bits per heavy atom. The lowest BCUT2D eigenvalue weighted by Crippen LogP contribution is -2.40. The Labute approximate surface area is 180 Å². The second kappa shape index (κ2) is 7.22. The van der Waals surface area contributed by atoms with Crippen LogP contribution in [0.25, 0.3) is 0 Å². The number of likely N-dealkylation sites (tertiary alicyclic amines) is 1. The van der Waals surface area contributed by atoms with Crippen molar-refractivity contribution in [2.75, 3.05) is 37.7 Å². The van der Waals surface area contributed by atoms with E-state index in [9.17, 15) is 4.79 Å². The number of hydrogen-bond donors (Lipinski definition) is 0. The van der Waals surface area contributed by atoms with Crippen molar-refractivity contribution in [2.24, 2.45) is 0 Å². The lowest BCUT2D eigenvalue weighted by molar-refractivity contribution is -0.0299. The van der Waals surface area contributed by atoms with E-state index in [1.165, 1.54) is 11.3 Å². The quantitative estimate of drug-likeness (QED) is 0.731. The number of ether oxygens (including phenoxy) is 2. The molecule has 3 aliphatic heterocycles. The van der Waals surface area contributed by atoms with Gasteiger partial charge in [-0.05, 0) is 32.6 Å². The van der Waals surface area contributed by atoms with Crippen molar-refractivity contribution < 1.29 is 18.8 Å². The zero-order valence-electron chi connectivity index (χ0n) is 17.8. The van der Waals surface area contributed by atoms with E-state index in [2.05, 4.69) is 19.8 Å². The summed E-state index contributed by atoms with van der Waals surface area (Å²) in [4.78, 5) is 20.9. The van der Waals surface area contributed by atoms with E-state index in [0.717, 1.165) is 64.2 Å². The normalized spacial score (nSPS) is 23.4. The van der Waals surface area contributed by atoms with Gasteiger partial charge in [0.25, 0.3) is 0 Å². The summed E-state index contributed by atoms with van der Waals surface area (Å²) in [5, 5.41) is 8.84. The van der Waals surface area contributed by atoms with E-state index in [1.807, 2.05) is 13.1 Å². The van der Waals surface area contributed by atoms with Crippen LogP contribution >= 0.6 is 0 Å². The molecule has 0 spiro atoms. The Morgan fingerprint density at radius 3 is 2.74 bits per heavy atom. The average molecular weight is 428 g/mol. The average Bonchev–Trinajstić information content (AvgIpc) is 3.15. The van der Waals surface area contributed by atoms with Crippen LogP contribution in [0.4, 0.5) is 10.8 Å². The highest BCUT2D eigenvalue weighted by Gasteiger charge is 2.43. The molecule has 1 saturated carbocycles. The third-order valence-corrected chi connectivity index (χ3v) is 7.04. The molecule has 2 saturated heterocycles. The van der Waals surface area contributed by atoms with Crippen LogP contribution in [0.2, 0.25) is 0 Å². The van der Waals surface area contributed by atoms with Gasteiger partial charge in [0.1, 0.15) is 5.60 Å². The number of aromatic nitrogens is 4. The number of hydrogen-bond acceptors (Lipinski definition) is 8. The molecule has 3 fully saturated rings. The van der Waals surface area contributed by atoms with Gasteiger partial charge in [-0.1, -0.05) is 5.16 Å². The van der Waals surface area contributed by atoms with E-state index in [4.69, 9.17) is 19.0 Å². The second-order valence-corrected chi connectivity index (χ2v) is 9.44. The van der Waals surface area contributed by atoms with Gasteiger partial charge >= 0.3 is 12.1 Å². The Kier molecular flexibility index (Phi) is 4.45. The lowest BCUT2D eigenvalue weighted by atomic mass is 9.96. The van der Waals surface area contributed by atoms with Gasteiger partial charge in [-0.15, -0.1) is 0 Å². The lowest BCUT2D eigenvalue weighted by Gasteiger charge is -2.31. The van der Waals surface area contributed by atoms with E-state index < -0.39 is 0 Å². The van der Waals surface area contributed by atoms with E-state index in [0.29, 0.717) is 25.1 Å². The molecule has 1 amide bonds. The van der Waals surface area contributed by atoms with E-state index in [-0.39, 0.29) is 17.6 Å². The van der Waals surface area contributed by atoms with Gasteiger partial charge in [-0.2, -0.15) is 10.1 Å². The minimum atomic E-state index is -0.229. The molecule has 0 bridgehead atoms. The molecule has 166 valence electrons. The van der Waals surface area contributed by atoms with Gasteiger partial charge in [0.15, 0.2) is 5.82 Å². The van der Waals surface area contributed by atoms with Crippen LogP contribution in [0.5, 0.6) is 0 Å². The number of carbonyl (C=O) groups is 1. The van der Waals surface area contributed by atoms with Crippen molar-refractivity contribution >= 4 is 12.1 Å². The summed E-state index contributed by atoms with van der Waals surface area (Å²) < 4.78 is 18.6. The Bertz CT molecular complexity index is 970. The highest BCUT2D eigenvalue weighted by Crippen LogP contribution is 2.39. The second-order valence-electron chi connectivity index (χ2n) is 9.44. The summed E-state index contributed by atoms with van der Waals surface area (Å²) in [5.41, 5.74) is 2.28. The van der Waals surface area contributed by atoms with Gasteiger partial charge < -0.3 is 23.8 Å². The maximum Gasteiger partial charge on any atom is 0.410 e. The molecule has 10 nitrogen and oxygen atoms in total. The van der Waals surface area contributed by atoms with Crippen LogP contribution < -0.4 is 4.90 Å². The molecule has 0 unspecified atom stereocenters. The molecule has 4 aliphatic rings. The Morgan fingerprint density at radius 2 is 2.03 bits per heavy atom. The van der Waals surface area contributed by atoms with Gasteiger partial charge in [0.05, 0.1) is 32.0 Å². The number of amides is 1. The van der Waals surface area contributed by atoms with Crippen molar-refractivity contribution in [3.8, 4) is 0 Å². The largest absolute Gasteiger partial charge is 0.443 e. The molecule has 1 aliphatic carbocycles. The third kappa shape index (κ3) is 3.56. The predicted molar refractivity (Wildman–Crippen MR) is 109 cm³/mol. The molecule has 0 N–H and O–H groups in total. The van der Waals surface area contributed by atoms with Crippen molar-refractivity contribution in [1.82, 2.24) is 24.8 Å². The van der Waals surface area contributed by atoms with Gasteiger partial charge in [0.2, 0.25) is 0 Å². The molecule has 6 rings (SSSR count). The van der Waals surface area contributed by atoms with E-state index in [1.54, 1.807) is 4.90 Å². The fourth-order valence-electron chi connectivity index (χ4n) is 4.59. The molecule has 0 aromatic carbocycles. The third-order valence-electron chi connectivity index (χ3n) is 7.04. The zero-order chi connectivity index (χ0) is 21.0. The Balaban J connectivity index is 1.06. The standard InChI is InChI=1S/C21H28N6O4/c1-21(5-6-21)30-20(28)25-7-2-14(3-8-25)18-23-19(31-24-18)26-9-4-17-15(11-26)10-22-27(17)16-12-29-13-16/h10,14,16H,2-9,11-13H2,1H3. The maximum absolute atomic E-state index is 12.3. The molecule has 2 aromatic heterocycles. The first-order valence-corrected chi connectivity index (χ1v) is 11.3. The first-order valence-electron chi connectivity index (χ1n) is 11.3. The number of fused-ring (bicyclic) bond motifs is 1. The maximum atomic E-state index is 12.3. The zero-order valence-corrected chi connectivity index (χ0v) is 17.8. The van der Waals surface area contributed by atoms with Crippen molar-refractivity contribution in [1.29, 1.82) is 0 Å². The number of rotatable bonds is 4. The molecule has 0 radical (unpaired) electrons. The van der Waals surface area contributed by atoms with Crippen LogP contribution in [0.1, 0.15) is 61.6 Å². The predicted octanol–water partition coefficient (Wildman–Crippen LogP) is 2.27. The molecule has 2 aromatic rings. The van der Waals surface area contributed by atoms with Gasteiger partial charge in [-0.25, -0.2) is 4.79 Å². The van der Waals surface area contributed by atoms with Crippen molar-refractivity contribution in [3.63, 3.8) is 0 Å². The molecular weight excluding hydrogens is 400 g/mol. The highest BCUT2D eigenvalue weighted by molar-refractivity contribution is 5.68. The molecule has 10 heteroatoms. The van der Waals surface area contributed by atoms with Gasteiger partial charge in [-0.3, -0.25) is 4.68 Å². The number of anilines is 1. The smallest absolute Gasteiger partial charge is 0.410 e. The fourth-order valence-corrected chi connectivity index (χ4v) is 4.59. The Hall–Kier alpha value is -2.62. The summed E-state index contributed by atoms with van der Waals surface area (Å²) in [6.45, 7) is 6.39. The molecule has 5 heterocycles. The summed E-state index contributed by atoms with van der Waals surface area (Å²) in [7, 11) is 0. The minimum absolute atomic E-state index is 0.189. The number of nitrogens with zero attached hydrogens (tertiary/aromatic N) is 6. The van der Waals surface area contributed by atoms with Crippen LogP contribution in [0.3, 0.4) is 0 Å². The molecular formula is C21H28N6O4. The summed E-state index contributed by atoms with van der Waals surface area (Å²) >= 11 is 0. The fraction of sp³-hybridized carbons (Fsp3) is 0.714. The minimum Gasteiger partial charge on any atom is -0.443 e. The van der Waals surface area contributed by atoms with Gasteiger partial charge in [0, 0.05) is 43.2 Å². The first kappa shape index (κ1) is 19.1. The van der Waals surface area contributed by atoms with Crippen molar-refractivity contribution in [2.45, 2.75) is 63.1 Å². The van der Waals surface area contributed by atoms with Crippen LogP contribution in [0, 0.1) is 0 Å². The number of piperidine rings is 1. The van der Waals surface area contributed by atoms with Crippen molar-refractivity contribution in [3.05, 3.63) is 23.3 Å². The summed E-state index contributed by atoms with van der Waals surface area (Å²) in [5.74, 6) is 0.949. The van der Waals surface area contributed by atoms with Crippen LogP contribution in [0.15, 0.2) is 10.7 Å². The first-order chi connectivity index (χ1) is 15.1.